The van der Waals surface area contributed by atoms with Gasteiger partial charge in [0.25, 0.3) is 0 Å². The van der Waals surface area contributed by atoms with Crippen LogP contribution >= 0.6 is 11.5 Å². The number of benzene rings is 1. The molecular formula is C12H14N2S. The largest absolute Gasteiger partial charge is 0.325 e. The van der Waals surface area contributed by atoms with Gasteiger partial charge in [-0.3, -0.25) is 0 Å². The Morgan fingerprint density at radius 2 is 2.27 bits per heavy atom. The third-order valence-electron chi connectivity index (χ3n) is 3.17. The van der Waals surface area contributed by atoms with Crippen LogP contribution in [0.3, 0.4) is 0 Å². The second kappa shape index (κ2) is 3.03. The summed E-state index contributed by atoms with van der Waals surface area (Å²) in [4.78, 5) is 0. The van der Waals surface area contributed by atoms with E-state index in [0.717, 1.165) is 12.1 Å². The molecule has 3 heteroatoms. The molecule has 1 aliphatic carbocycles. The standard InChI is InChI=1S/C12H14N2S/c1-8-10-3-2-9(6-11(10)15-14-8)7-12(13)4-5-12/h2-3,6H,4-5,7,13H2,1H3. The molecule has 0 radical (unpaired) electrons. The molecule has 3 rings (SSSR count). The Kier molecular flexibility index (Phi) is 1.88. The lowest BCUT2D eigenvalue weighted by atomic mass is 10.0. The zero-order valence-electron chi connectivity index (χ0n) is 8.79. The molecule has 78 valence electrons. The predicted octanol–water partition coefficient (Wildman–Crippen LogP) is 2.64. The van der Waals surface area contributed by atoms with Crippen molar-refractivity contribution in [3.05, 3.63) is 29.5 Å². The molecule has 1 aromatic heterocycles. The molecule has 2 aromatic rings. The third kappa shape index (κ3) is 1.66. The van der Waals surface area contributed by atoms with Crippen molar-refractivity contribution in [2.24, 2.45) is 5.73 Å². The monoisotopic (exact) mass is 218 g/mol. The van der Waals surface area contributed by atoms with E-state index in [4.69, 9.17) is 5.73 Å². The van der Waals surface area contributed by atoms with Gasteiger partial charge in [0.05, 0.1) is 10.4 Å². The van der Waals surface area contributed by atoms with Crippen LogP contribution in [0.4, 0.5) is 0 Å². The van der Waals surface area contributed by atoms with Gasteiger partial charge in [-0.25, -0.2) is 0 Å². The maximum absolute atomic E-state index is 6.12. The van der Waals surface area contributed by atoms with E-state index in [0.29, 0.717) is 0 Å². The molecule has 0 unspecified atom stereocenters. The van der Waals surface area contributed by atoms with E-state index < -0.39 is 0 Å². The molecule has 2 nitrogen and oxygen atoms in total. The summed E-state index contributed by atoms with van der Waals surface area (Å²) in [6, 6.07) is 6.61. The van der Waals surface area contributed by atoms with Gasteiger partial charge in [0.15, 0.2) is 0 Å². The van der Waals surface area contributed by atoms with Crippen molar-refractivity contribution >= 4 is 21.6 Å². The molecule has 0 saturated heterocycles. The minimum absolute atomic E-state index is 0.105. The normalized spacial score (nSPS) is 18.3. The van der Waals surface area contributed by atoms with Gasteiger partial charge in [-0.1, -0.05) is 12.1 Å². The molecule has 1 saturated carbocycles. The summed E-state index contributed by atoms with van der Waals surface area (Å²) < 4.78 is 5.65. The molecule has 0 aliphatic heterocycles. The number of rotatable bonds is 2. The predicted molar refractivity (Wildman–Crippen MR) is 64.2 cm³/mol. The van der Waals surface area contributed by atoms with Gasteiger partial charge >= 0.3 is 0 Å². The van der Waals surface area contributed by atoms with Gasteiger partial charge in [-0.2, -0.15) is 4.37 Å². The zero-order valence-corrected chi connectivity index (χ0v) is 9.60. The van der Waals surface area contributed by atoms with Gasteiger partial charge < -0.3 is 5.73 Å². The molecule has 1 aliphatic rings. The Hall–Kier alpha value is -0.930. The maximum Gasteiger partial charge on any atom is 0.0589 e. The highest BCUT2D eigenvalue weighted by Gasteiger charge is 2.37. The van der Waals surface area contributed by atoms with Gasteiger partial charge in [-0.15, -0.1) is 0 Å². The van der Waals surface area contributed by atoms with Crippen molar-refractivity contribution in [2.45, 2.75) is 31.7 Å². The Labute approximate surface area is 93.3 Å². The summed E-state index contributed by atoms with van der Waals surface area (Å²) in [5, 5.41) is 1.28. The maximum atomic E-state index is 6.12. The second-order valence-corrected chi connectivity index (χ2v) is 5.44. The van der Waals surface area contributed by atoms with E-state index in [-0.39, 0.29) is 5.54 Å². The van der Waals surface area contributed by atoms with Crippen LogP contribution in [0.25, 0.3) is 10.1 Å². The first-order valence-electron chi connectivity index (χ1n) is 5.30. The number of hydrogen-bond acceptors (Lipinski definition) is 3. The highest BCUT2D eigenvalue weighted by atomic mass is 32.1. The molecule has 2 N–H and O–H groups in total. The molecular weight excluding hydrogens is 204 g/mol. The smallest absolute Gasteiger partial charge is 0.0589 e. The lowest BCUT2D eigenvalue weighted by Crippen LogP contribution is -2.24. The zero-order chi connectivity index (χ0) is 10.5. The lowest BCUT2D eigenvalue weighted by Gasteiger charge is -2.07. The molecule has 0 atom stereocenters. The van der Waals surface area contributed by atoms with Crippen LogP contribution < -0.4 is 5.73 Å². The van der Waals surface area contributed by atoms with Gasteiger partial charge in [0.1, 0.15) is 0 Å². The fourth-order valence-corrected chi connectivity index (χ4v) is 2.81. The van der Waals surface area contributed by atoms with Crippen LogP contribution in [0.15, 0.2) is 18.2 Å². The Morgan fingerprint density at radius 3 is 3.00 bits per heavy atom. The van der Waals surface area contributed by atoms with E-state index in [1.807, 2.05) is 0 Å². The molecule has 1 heterocycles. The van der Waals surface area contributed by atoms with E-state index in [2.05, 4.69) is 29.5 Å². The Bertz CT molecular complexity index is 511. The Morgan fingerprint density at radius 1 is 1.47 bits per heavy atom. The van der Waals surface area contributed by atoms with Gasteiger partial charge in [0, 0.05) is 10.9 Å². The van der Waals surface area contributed by atoms with Crippen molar-refractivity contribution in [1.82, 2.24) is 4.37 Å². The average Bonchev–Trinajstić information content (AvgIpc) is 2.81. The van der Waals surface area contributed by atoms with Crippen molar-refractivity contribution in [3.8, 4) is 0 Å². The summed E-state index contributed by atoms with van der Waals surface area (Å²) in [5.74, 6) is 0. The fraction of sp³-hybridized carbons (Fsp3) is 0.417. The van der Waals surface area contributed by atoms with Crippen LogP contribution in [0.1, 0.15) is 24.1 Å². The second-order valence-electron chi connectivity index (χ2n) is 4.64. The number of hydrogen-bond donors (Lipinski definition) is 1. The van der Waals surface area contributed by atoms with Crippen molar-refractivity contribution in [2.75, 3.05) is 0 Å². The van der Waals surface area contributed by atoms with Crippen molar-refractivity contribution in [3.63, 3.8) is 0 Å². The molecule has 0 spiro atoms. The van der Waals surface area contributed by atoms with Crippen molar-refractivity contribution < 1.29 is 0 Å². The first kappa shape index (κ1) is 9.31. The molecule has 1 fully saturated rings. The number of fused-ring (bicyclic) bond motifs is 1. The molecule has 0 amide bonds. The summed E-state index contributed by atoms with van der Waals surface area (Å²) in [7, 11) is 0. The first-order valence-corrected chi connectivity index (χ1v) is 6.07. The van der Waals surface area contributed by atoms with Crippen LogP contribution in [-0.4, -0.2) is 9.91 Å². The van der Waals surface area contributed by atoms with Gasteiger partial charge in [-0.05, 0) is 49.3 Å². The number of aryl methyl sites for hydroxylation is 1. The van der Waals surface area contributed by atoms with Crippen LogP contribution in [-0.2, 0) is 6.42 Å². The number of nitrogens with two attached hydrogens (primary N) is 1. The summed E-state index contributed by atoms with van der Waals surface area (Å²) in [5.41, 5.74) is 8.71. The van der Waals surface area contributed by atoms with Crippen LogP contribution in [0, 0.1) is 6.92 Å². The topological polar surface area (TPSA) is 38.9 Å². The summed E-state index contributed by atoms with van der Waals surface area (Å²) in [6.07, 6.45) is 3.36. The average molecular weight is 218 g/mol. The fourth-order valence-electron chi connectivity index (χ4n) is 1.96. The van der Waals surface area contributed by atoms with E-state index in [9.17, 15) is 0 Å². The van der Waals surface area contributed by atoms with Crippen molar-refractivity contribution in [1.29, 1.82) is 0 Å². The van der Waals surface area contributed by atoms with E-state index in [1.165, 1.54) is 28.5 Å². The minimum Gasteiger partial charge on any atom is -0.325 e. The number of aromatic nitrogens is 1. The summed E-state index contributed by atoms with van der Waals surface area (Å²) >= 11 is 1.58. The molecule has 0 bridgehead atoms. The lowest BCUT2D eigenvalue weighted by molar-refractivity contribution is 0.673. The highest BCUT2D eigenvalue weighted by molar-refractivity contribution is 7.13. The van der Waals surface area contributed by atoms with E-state index in [1.54, 1.807) is 11.5 Å². The highest BCUT2D eigenvalue weighted by Crippen LogP contribution is 2.36. The quantitative estimate of drug-likeness (QED) is 0.841. The SMILES string of the molecule is Cc1nsc2cc(CC3(N)CC3)ccc12. The van der Waals surface area contributed by atoms with Gasteiger partial charge in [0.2, 0.25) is 0 Å². The molecule has 15 heavy (non-hydrogen) atoms. The van der Waals surface area contributed by atoms with Crippen LogP contribution in [0.2, 0.25) is 0 Å². The number of nitrogens with zero attached hydrogens (tertiary/aromatic N) is 1. The minimum atomic E-state index is 0.105. The molecule has 1 aromatic carbocycles. The third-order valence-corrected chi connectivity index (χ3v) is 4.06. The van der Waals surface area contributed by atoms with Crippen LogP contribution in [0.5, 0.6) is 0 Å². The Balaban J connectivity index is 1.99. The van der Waals surface area contributed by atoms with E-state index >= 15 is 0 Å². The summed E-state index contributed by atoms with van der Waals surface area (Å²) in [6.45, 7) is 2.06. The first-order chi connectivity index (χ1) is 7.16.